The third-order valence-corrected chi connectivity index (χ3v) is 13.6. The number of imidazole rings is 2. The molecule has 14 heteroatoms. The Morgan fingerprint density at radius 3 is 1.60 bits per heavy atom. The van der Waals surface area contributed by atoms with Crippen molar-refractivity contribution in [3.8, 4) is 33.6 Å². The standard InChI is InChI=1S/C46H58N8O6/c1-24(2)39(51-45(57)59-6)43(55)53-20-8-10-35(53)41-47-22-33(49-41)28-14-12-27(13-15-28)31-18-19-32(38-30-17-16-29(26(30)5)37(31)38)34-23-48-42(50-34)36-11-9-21-54(36)44(56)40(25(3)4)52-46(58)60-7/h12-15,18-19,22-26,29-30,35-36,39-40H,8-11,16-17,20-21H2,1-7H3,(H,47,49)(H,48,50)(H,51,57)(H,52,58)/t26?,29?,30?,35-,36-,39-,40+/m0/s1. The number of fused-ring (bicyclic) bond motifs is 5. The summed E-state index contributed by atoms with van der Waals surface area (Å²) in [4.78, 5) is 72.1. The first-order valence-electron chi connectivity index (χ1n) is 21.6. The molecule has 4 amide bonds. The lowest BCUT2D eigenvalue weighted by molar-refractivity contribution is -0.136. The minimum Gasteiger partial charge on any atom is -0.453 e. The molecule has 2 saturated heterocycles. The van der Waals surface area contributed by atoms with Crippen LogP contribution in [0, 0.1) is 17.8 Å². The van der Waals surface area contributed by atoms with Gasteiger partial charge in [-0.2, -0.15) is 0 Å². The van der Waals surface area contributed by atoms with Gasteiger partial charge in [-0.3, -0.25) is 9.59 Å². The predicted octanol–water partition coefficient (Wildman–Crippen LogP) is 7.83. The molecule has 2 aliphatic heterocycles. The van der Waals surface area contributed by atoms with Crippen LogP contribution < -0.4 is 10.6 Å². The second-order valence-electron chi connectivity index (χ2n) is 17.7. The van der Waals surface area contributed by atoms with Crippen molar-refractivity contribution in [2.75, 3.05) is 27.3 Å². The highest BCUT2D eigenvalue weighted by Gasteiger charge is 2.46. The van der Waals surface area contributed by atoms with Crippen molar-refractivity contribution in [2.24, 2.45) is 17.8 Å². The van der Waals surface area contributed by atoms with E-state index in [-0.39, 0.29) is 35.7 Å². The molecule has 1 saturated carbocycles. The normalized spacial score (nSPS) is 22.9. The number of carbonyl (C=O) groups is 4. The monoisotopic (exact) mass is 818 g/mol. The lowest BCUT2D eigenvalue weighted by atomic mass is 9.82. The van der Waals surface area contributed by atoms with E-state index in [0.29, 0.717) is 30.8 Å². The molecule has 0 spiro atoms. The minimum atomic E-state index is -0.687. The number of aromatic nitrogens is 4. The zero-order valence-corrected chi connectivity index (χ0v) is 35.7. The zero-order valence-electron chi connectivity index (χ0n) is 35.7. The second kappa shape index (κ2) is 16.8. The van der Waals surface area contributed by atoms with E-state index >= 15 is 0 Å². The van der Waals surface area contributed by atoms with Gasteiger partial charge in [0.2, 0.25) is 11.8 Å². The maximum atomic E-state index is 13.8. The van der Waals surface area contributed by atoms with Crippen LogP contribution in [0.15, 0.2) is 48.8 Å². The smallest absolute Gasteiger partial charge is 0.407 e. The summed E-state index contributed by atoms with van der Waals surface area (Å²) in [6.07, 6.45) is 8.16. The van der Waals surface area contributed by atoms with Crippen molar-refractivity contribution in [2.45, 2.75) is 109 Å². The van der Waals surface area contributed by atoms with E-state index in [1.54, 1.807) is 0 Å². The highest BCUT2D eigenvalue weighted by atomic mass is 16.5. The summed E-state index contributed by atoms with van der Waals surface area (Å²) in [6.45, 7) is 11.3. The van der Waals surface area contributed by atoms with E-state index in [2.05, 4.69) is 63.9 Å². The van der Waals surface area contributed by atoms with Gasteiger partial charge in [0.1, 0.15) is 23.7 Å². The van der Waals surface area contributed by atoms with Crippen LogP contribution in [0.25, 0.3) is 33.6 Å². The van der Waals surface area contributed by atoms with Crippen LogP contribution in [0.5, 0.6) is 0 Å². The lowest BCUT2D eigenvalue weighted by Gasteiger charge is -2.30. The molecule has 7 atom stereocenters. The summed E-state index contributed by atoms with van der Waals surface area (Å²) >= 11 is 0. The van der Waals surface area contributed by atoms with Crippen LogP contribution in [0.3, 0.4) is 0 Å². The average Bonchev–Trinajstić information content (AvgIpc) is 4.12. The number of carbonyl (C=O) groups excluding carboxylic acids is 4. The fourth-order valence-electron chi connectivity index (χ4n) is 10.4. The molecule has 2 aromatic heterocycles. The number of nitrogens with one attached hydrogen (secondary N) is 4. The van der Waals surface area contributed by atoms with Gasteiger partial charge in [0.25, 0.3) is 0 Å². The lowest BCUT2D eigenvalue weighted by Crippen LogP contribution is -2.51. The van der Waals surface area contributed by atoms with E-state index in [1.165, 1.54) is 42.9 Å². The van der Waals surface area contributed by atoms with E-state index < -0.39 is 24.3 Å². The van der Waals surface area contributed by atoms with Gasteiger partial charge >= 0.3 is 12.2 Å². The molecule has 3 unspecified atom stereocenters. The van der Waals surface area contributed by atoms with Crippen LogP contribution in [0.4, 0.5) is 9.59 Å². The van der Waals surface area contributed by atoms with Crippen molar-refractivity contribution in [3.05, 3.63) is 71.6 Å². The Labute approximate surface area is 351 Å². The Morgan fingerprint density at radius 1 is 0.650 bits per heavy atom. The molecule has 2 aliphatic carbocycles. The Morgan fingerprint density at radius 2 is 1.10 bits per heavy atom. The summed E-state index contributed by atoms with van der Waals surface area (Å²) in [5.74, 6) is 2.53. The van der Waals surface area contributed by atoms with Gasteiger partial charge in [-0.15, -0.1) is 0 Å². The molecule has 3 fully saturated rings. The quantitative estimate of drug-likeness (QED) is 0.118. The van der Waals surface area contributed by atoms with Crippen LogP contribution in [-0.2, 0) is 19.1 Å². The number of rotatable bonds is 11. The number of benzene rings is 2. The highest BCUT2D eigenvalue weighted by Crippen LogP contribution is 2.61. The fourth-order valence-corrected chi connectivity index (χ4v) is 10.4. The van der Waals surface area contributed by atoms with Crippen LogP contribution in [0.1, 0.15) is 120 Å². The molecule has 2 bridgehead atoms. The number of likely N-dealkylation sites (tertiary alicyclic amines) is 2. The third kappa shape index (κ3) is 7.42. The summed E-state index contributed by atoms with van der Waals surface area (Å²) in [6, 6.07) is 11.4. The molecular formula is C46H58N8O6. The summed E-state index contributed by atoms with van der Waals surface area (Å²) in [7, 11) is 2.60. The van der Waals surface area contributed by atoms with Gasteiger partial charge in [-0.25, -0.2) is 19.6 Å². The Bertz CT molecular complexity index is 2250. The van der Waals surface area contributed by atoms with E-state index in [1.807, 2.05) is 49.9 Å². The maximum Gasteiger partial charge on any atom is 0.407 e. The number of H-pyrrole nitrogens is 2. The Balaban J connectivity index is 1.03. The molecule has 4 heterocycles. The van der Waals surface area contributed by atoms with Crippen LogP contribution in [0.2, 0.25) is 0 Å². The first kappa shape index (κ1) is 41.1. The number of hydrogen-bond donors (Lipinski definition) is 4. The van der Waals surface area contributed by atoms with Crippen LogP contribution in [-0.4, -0.2) is 93.1 Å². The summed E-state index contributed by atoms with van der Waals surface area (Å²) < 4.78 is 9.60. The molecule has 60 heavy (non-hydrogen) atoms. The molecular weight excluding hydrogens is 761 g/mol. The summed E-state index contributed by atoms with van der Waals surface area (Å²) in [5, 5.41) is 5.46. The number of aromatic amines is 2. The number of alkyl carbamates (subject to hydrolysis) is 2. The van der Waals surface area contributed by atoms with Gasteiger partial charge in [0.15, 0.2) is 0 Å². The number of amides is 4. The highest BCUT2D eigenvalue weighted by molar-refractivity contribution is 5.87. The van der Waals surface area contributed by atoms with E-state index in [0.717, 1.165) is 66.3 Å². The van der Waals surface area contributed by atoms with Crippen molar-refractivity contribution < 1.29 is 28.7 Å². The van der Waals surface area contributed by atoms with Gasteiger partial charge in [-0.05, 0) is 95.9 Å². The average molecular weight is 819 g/mol. The van der Waals surface area contributed by atoms with Gasteiger partial charge < -0.3 is 39.9 Å². The van der Waals surface area contributed by atoms with Gasteiger partial charge in [-0.1, -0.05) is 71.0 Å². The third-order valence-electron chi connectivity index (χ3n) is 13.6. The molecule has 4 N–H and O–H groups in total. The largest absolute Gasteiger partial charge is 0.453 e. The summed E-state index contributed by atoms with van der Waals surface area (Å²) in [5.41, 5.74) is 9.30. The van der Waals surface area contributed by atoms with Gasteiger partial charge in [0, 0.05) is 18.7 Å². The molecule has 0 radical (unpaired) electrons. The molecule has 14 nitrogen and oxygen atoms in total. The van der Waals surface area contributed by atoms with E-state index in [4.69, 9.17) is 19.4 Å². The topological polar surface area (TPSA) is 175 Å². The van der Waals surface area contributed by atoms with Crippen LogP contribution >= 0.6 is 0 Å². The number of ether oxygens (including phenoxy) is 2. The maximum absolute atomic E-state index is 13.8. The predicted molar refractivity (Wildman–Crippen MR) is 227 cm³/mol. The molecule has 318 valence electrons. The van der Waals surface area contributed by atoms with Crippen molar-refractivity contribution in [3.63, 3.8) is 0 Å². The number of methoxy groups -OCH3 is 2. The van der Waals surface area contributed by atoms with Crippen molar-refractivity contribution >= 4 is 24.0 Å². The first-order chi connectivity index (χ1) is 28.9. The number of hydrogen-bond acceptors (Lipinski definition) is 8. The van der Waals surface area contributed by atoms with Gasteiger partial charge in [0.05, 0.1) is 50.1 Å². The Hall–Kier alpha value is -5.66. The molecule has 8 rings (SSSR count). The fraction of sp³-hybridized carbons (Fsp3) is 0.522. The number of nitrogens with zero attached hydrogens (tertiary/aromatic N) is 4. The molecule has 4 aliphatic rings. The minimum absolute atomic E-state index is 0.104. The molecule has 4 aromatic rings. The first-order valence-corrected chi connectivity index (χ1v) is 21.6. The second-order valence-corrected chi connectivity index (χ2v) is 17.7. The molecule has 2 aromatic carbocycles. The van der Waals surface area contributed by atoms with E-state index in [9.17, 15) is 19.2 Å². The van der Waals surface area contributed by atoms with Crippen molar-refractivity contribution in [1.82, 2.24) is 40.4 Å². The zero-order chi connectivity index (χ0) is 42.4. The Kier molecular flexibility index (Phi) is 11.5. The SMILES string of the molecule is COC(=O)N[C@H](C(=O)N1CCC[C@H]1c1ncc(-c2ccc(-c3ccc(-c4cnc([C@@H]5CCCN5C(=O)[C@H](NC(=O)OC)C(C)C)[nH]4)c4c3C3CCC4C3C)cc2)[nH]1)C(C)C. The van der Waals surface area contributed by atoms with Crippen molar-refractivity contribution in [1.29, 1.82) is 0 Å².